The fourth-order valence-electron chi connectivity index (χ4n) is 2.73. The highest BCUT2D eigenvalue weighted by molar-refractivity contribution is 5.84. The van der Waals surface area contributed by atoms with Crippen molar-refractivity contribution >= 4 is 11.8 Å². The average molecular weight is 397 g/mol. The lowest BCUT2D eigenvalue weighted by atomic mass is 10.1. The van der Waals surface area contributed by atoms with E-state index in [1.54, 1.807) is 46.2 Å². The number of benzene rings is 1. The highest BCUT2D eigenvalue weighted by atomic mass is 16.5. The molecular weight excluding hydrogens is 374 g/mol. The number of ether oxygens (including phenoxy) is 1. The minimum absolute atomic E-state index is 0.0725. The van der Waals surface area contributed by atoms with Crippen LogP contribution in [0.4, 0.5) is 10.5 Å². The van der Waals surface area contributed by atoms with Crippen LogP contribution in [0.1, 0.15) is 24.1 Å². The molecule has 0 saturated heterocycles. The summed E-state index contributed by atoms with van der Waals surface area (Å²) in [5.41, 5.74) is 2.38. The molecule has 0 aliphatic rings. The molecule has 0 fully saturated rings. The summed E-state index contributed by atoms with van der Waals surface area (Å²) in [6.45, 7) is 0.316. The highest BCUT2D eigenvalue weighted by Crippen LogP contribution is 2.14. The first-order valence-corrected chi connectivity index (χ1v) is 9.26. The third-order valence-corrected chi connectivity index (χ3v) is 4.17. The van der Waals surface area contributed by atoms with Gasteiger partial charge in [0, 0.05) is 38.0 Å². The normalized spacial score (nSPS) is 10.7. The van der Waals surface area contributed by atoms with E-state index in [1.807, 2.05) is 13.1 Å². The number of carbonyl (C=O) groups is 1. The van der Waals surface area contributed by atoms with Crippen molar-refractivity contribution in [1.29, 1.82) is 0 Å². The Hall–Kier alpha value is -3.46. The van der Waals surface area contributed by atoms with Gasteiger partial charge in [0.25, 0.3) is 0 Å². The Labute approximate surface area is 167 Å². The molecule has 0 saturated carbocycles. The molecule has 0 spiro atoms. The molecule has 3 rings (SSSR count). The predicted molar refractivity (Wildman–Crippen MR) is 107 cm³/mol. The van der Waals surface area contributed by atoms with Gasteiger partial charge in [-0.15, -0.1) is 0 Å². The molecule has 0 unspecified atom stereocenters. The molecule has 152 valence electrons. The van der Waals surface area contributed by atoms with Crippen molar-refractivity contribution in [2.75, 3.05) is 18.5 Å². The number of amides is 1. The lowest BCUT2D eigenvalue weighted by Gasteiger charge is -2.09. The molecule has 1 aromatic carbocycles. The van der Waals surface area contributed by atoms with E-state index >= 15 is 0 Å². The summed E-state index contributed by atoms with van der Waals surface area (Å²) in [5.74, 6) is 0. The Kier molecular flexibility index (Phi) is 6.75. The van der Waals surface area contributed by atoms with Gasteiger partial charge in [-0.25, -0.2) is 9.48 Å². The first-order chi connectivity index (χ1) is 14.0. The van der Waals surface area contributed by atoms with Gasteiger partial charge in [0.2, 0.25) is 5.43 Å². The Balaban J connectivity index is 1.68. The maximum atomic E-state index is 12.2. The zero-order chi connectivity index (χ0) is 20.6. The zero-order valence-corrected chi connectivity index (χ0v) is 16.1. The molecule has 1 amide bonds. The van der Waals surface area contributed by atoms with Gasteiger partial charge in [-0.2, -0.15) is 10.2 Å². The molecule has 3 aromatic rings. The number of anilines is 1. The second-order valence-electron chi connectivity index (χ2n) is 6.51. The number of aryl methyl sites for hydroxylation is 1. The predicted octanol–water partition coefficient (Wildman–Crippen LogP) is 1.88. The minimum atomic E-state index is -0.558. The maximum absolute atomic E-state index is 12.2. The van der Waals surface area contributed by atoms with Crippen LogP contribution < -0.4 is 10.7 Å². The lowest BCUT2D eigenvalue weighted by Crippen LogP contribution is -2.16. The first-order valence-electron chi connectivity index (χ1n) is 9.26. The van der Waals surface area contributed by atoms with Gasteiger partial charge in [-0.3, -0.25) is 14.8 Å². The van der Waals surface area contributed by atoms with Crippen molar-refractivity contribution in [2.24, 2.45) is 7.05 Å². The number of nitrogens with zero attached hydrogens (tertiary/aromatic N) is 4. The van der Waals surface area contributed by atoms with Crippen molar-refractivity contribution in [1.82, 2.24) is 19.6 Å². The van der Waals surface area contributed by atoms with Crippen LogP contribution in [-0.2, 0) is 18.2 Å². The van der Waals surface area contributed by atoms with Crippen molar-refractivity contribution in [2.45, 2.75) is 19.3 Å². The monoisotopic (exact) mass is 397 g/mol. The van der Waals surface area contributed by atoms with Crippen LogP contribution in [0.15, 0.2) is 53.7 Å². The number of carbonyl (C=O) groups excluding carboxylic acids is 1. The van der Waals surface area contributed by atoms with E-state index in [0.717, 1.165) is 11.3 Å². The van der Waals surface area contributed by atoms with E-state index in [0.29, 0.717) is 30.6 Å². The standard InChI is InChI=1S/C20H23N5O4/c1-24-14-17(13-21-24)25-8-7-19(27)18(23-25)12-15-5-4-6-16(11-15)22-20(28)29-10-3-2-9-26/h4-8,11,13-14,26H,2-3,9-10,12H2,1H3,(H,22,28). The summed E-state index contributed by atoms with van der Waals surface area (Å²) in [6, 6.07) is 8.64. The van der Waals surface area contributed by atoms with Crippen LogP contribution in [-0.4, -0.2) is 44.0 Å². The Morgan fingerprint density at radius 2 is 2.14 bits per heavy atom. The number of hydrogen-bond donors (Lipinski definition) is 2. The molecule has 0 bridgehead atoms. The number of aliphatic hydroxyl groups excluding tert-OH is 1. The molecule has 0 radical (unpaired) electrons. The molecule has 9 heteroatoms. The topological polar surface area (TPSA) is 111 Å². The summed E-state index contributed by atoms with van der Waals surface area (Å²) in [7, 11) is 1.81. The molecule has 0 aliphatic heterocycles. The van der Waals surface area contributed by atoms with E-state index in [1.165, 1.54) is 6.07 Å². The number of rotatable bonds is 8. The molecule has 0 atom stereocenters. The molecule has 2 N–H and O–H groups in total. The quantitative estimate of drug-likeness (QED) is 0.562. The SMILES string of the molecule is Cn1cc(-n2ccc(=O)c(Cc3cccc(NC(=O)OCCCCO)c3)n2)cn1. The van der Waals surface area contributed by atoms with Crippen molar-refractivity contribution < 1.29 is 14.6 Å². The van der Waals surface area contributed by atoms with Crippen LogP contribution >= 0.6 is 0 Å². The summed E-state index contributed by atoms with van der Waals surface area (Å²) in [5, 5.41) is 19.9. The molecule has 29 heavy (non-hydrogen) atoms. The summed E-state index contributed by atoms with van der Waals surface area (Å²) in [4.78, 5) is 24.1. The van der Waals surface area contributed by atoms with Crippen molar-refractivity contribution in [3.8, 4) is 5.69 Å². The van der Waals surface area contributed by atoms with Crippen molar-refractivity contribution in [3.05, 3.63) is 70.4 Å². The van der Waals surface area contributed by atoms with E-state index in [4.69, 9.17) is 9.84 Å². The number of aromatic nitrogens is 4. The third kappa shape index (κ3) is 5.76. The van der Waals surface area contributed by atoms with Gasteiger partial charge in [-0.1, -0.05) is 12.1 Å². The molecule has 2 aromatic heterocycles. The van der Waals surface area contributed by atoms with Gasteiger partial charge in [0.15, 0.2) is 0 Å². The van der Waals surface area contributed by atoms with Crippen LogP contribution in [0.5, 0.6) is 0 Å². The molecule has 9 nitrogen and oxygen atoms in total. The van der Waals surface area contributed by atoms with Crippen LogP contribution in [0.2, 0.25) is 0 Å². The van der Waals surface area contributed by atoms with Gasteiger partial charge < -0.3 is 9.84 Å². The van der Waals surface area contributed by atoms with E-state index < -0.39 is 6.09 Å². The van der Waals surface area contributed by atoms with E-state index in [9.17, 15) is 9.59 Å². The summed E-state index contributed by atoms with van der Waals surface area (Å²) >= 11 is 0. The van der Waals surface area contributed by atoms with E-state index in [-0.39, 0.29) is 18.6 Å². The average Bonchev–Trinajstić information content (AvgIpc) is 3.14. The van der Waals surface area contributed by atoms with Gasteiger partial charge in [-0.05, 0) is 30.5 Å². The Morgan fingerprint density at radius 1 is 1.28 bits per heavy atom. The van der Waals surface area contributed by atoms with E-state index in [2.05, 4.69) is 15.5 Å². The van der Waals surface area contributed by atoms with Gasteiger partial charge >= 0.3 is 6.09 Å². The summed E-state index contributed by atoms with van der Waals surface area (Å²) in [6.07, 6.45) is 6.03. The largest absolute Gasteiger partial charge is 0.449 e. The number of unbranched alkanes of at least 4 members (excludes halogenated alkanes) is 1. The van der Waals surface area contributed by atoms with Crippen LogP contribution in [0.3, 0.4) is 0 Å². The van der Waals surface area contributed by atoms with Crippen LogP contribution in [0.25, 0.3) is 5.69 Å². The zero-order valence-electron chi connectivity index (χ0n) is 16.1. The Morgan fingerprint density at radius 3 is 2.90 bits per heavy atom. The molecule has 2 heterocycles. The number of hydrogen-bond acceptors (Lipinski definition) is 6. The lowest BCUT2D eigenvalue weighted by molar-refractivity contribution is 0.155. The highest BCUT2D eigenvalue weighted by Gasteiger charge is 2.08. The fourth-order valence-corrected chi connectivity index (χ4v) is 2.73. The fraction of sp³-hybridized carbons (Fsp3) is 0.300. The Bertz CT molecular complexity index is 1030. The number of aliphatic hydroxyl groups is 1. The first kappa shape index (κ1) is 20.3. The minimum Gasteiger partial charge on any atom is -0.449 e. The van der Waals surface area contributed by atoms with Gasteiger partial charge in [0.1, 0.15) is 11.4 Å². The molecular formula is C20H23N5O4. The summed E-state index contributed by atoms with van der Waals surface area (Å²) < 4.78 is 8.32. The second-order valence-corrected chi connectivity index (χ2v) is 6.51. The second kappa shape index (κ2) is 9.65. The van der Waals surface area contributed by atoms with Gasteiger partial charge in [0.05, 0.1) is 19.0 Å². The number of nitrogens with one attached hydrogen (secondary N) is 1. The maximum Gasteiger partial charge on any atom is 0.411 e. The third-order valence-electron chi connectivity index (χ3n) is 4.17. The molecule has 0 aliphatic carbocycles. The smallest absolute Gasteiger partial charge is 0.411 e. The van der Waals surface area contributed by atoms with Crippen molar-refractivity contribution in [3.63, 3.8) is 0 Å². The van der Waals surface area contributed by atoms with Crippen LogP contribution in [0, 0.1) is 0 Å².